The van der Waals surface area contributed by atoms with E-state index in [-0.39, 0.29) is 5.82 Å². The number of fused-ring (bicyclic) bond motifs is 1. The second-order valence-electron chi connectivity index (χ2n) is 3.84. The molecule has 3 aromatic rings. The van der Waals surface area contributed by atoms with Gasteiger partial charge in [0.1, 0.15) is 11.0 Å². The molecule has 0 N–H and O–H groups in total. The molecule has 0 aliphatic rings. The van der Waals surface area contributed by atoms with Crippen LogP contribution >= 0.6 is 23.2 Å². The average Bonchev–Trinajstić information content (AvgIpc) is 2.67. The number of benzene rings is 2. The lowest BCUT2D eigenvalue weighted by Crippen LogP contribution is -1.95. The van der Waals surface area contributed by atoms with E-state index in [1.165, 1.54) is 12.1 Å². The summed E-state index contributed by atoms with van der Waals surface area (Å²) in [5, 5.41) is 6.08. The van der Waals surface area contributed by atoms with Crippen molar-refractivity contribution >= 4 is 34.1 Å². The summed E-state index contributed by atoms with van der Waals surface area (Å²) in [5.74, 6) is -0.333. The molecule has 0 unspecified atom stereocenters. The maximum absolute atomic E-state index is 13.1. The van der Waals surface area contributed by atoms with E-state index in [4.69, 9.17) is 23.2 Å². The lowest BCUT2D eigenvalue weighted by atomic mass is 10.2. The minimum Gasteiger partial charge on any atom is -0.221 e. The lowest BCUT2D eigenvalue weighted by molar-refractivity contribution is 0.629. The molecule has 1 aromatic heterocycles. The fraction of sp³-hybridized carbons (Fsp3) is 0. The summed E-state index contributed by atoms with van der Waals surface area (Å²) in [6.45, 7) is 0. The lowest BCUT2D eigenvalue weighted by Gasteiger charge is -2.02. The van der Waals surface area contributed by atoms with Crippen LogP contribution in [0.4, 0.5) is 4.39 Å². The molecular weight excluding hydrogens is 274 g/mol. The summed E-state index contributed by atoms with van der Waals surface area (Å²) in [5.41, 5.74) is 1.30. The fourth-order valence-corrected chi connectivity index (χ4v) is 2.20. The van der Waals surface area contributed by atoms with E-state index in [1.54, 1.807) is 35.0 Å². The van der Waals surface area contributed by atoms with Crippen LogP contribution in [0.15, 0.2) is 42.5 Å². The highest BCUT2D eigenvalue weighted by Crippen LogP contribution is 2.27. The minimum atomic E-state index is -0.333. The van der Waals surface area contributed by atoms with Crippen molar-refractivity contribution in [2.75, 3.05) is 0 Å². The Balaban J connectivity index is 2.23. The Morgan fingerprint density at radius 1 is 1.00 bits per heavy atom. The van der Waals surface area contributed by atoms with Crippen LogP contribution in [-0.4, -0.2) is 9.78 Å². The Morgan fingerprint density at radius 2 is 1.72 bits per heavy atom. The van der Waals surface area contributed by atoms with E-state index in [1.807, 2.05) is 0 Å². The van der Waals surface area contributed by atoms with Gasteiger partial charge in [-0.15, -0.1) is 0 Å². The predicted octanol–water partition coefficient (Wildman–Crippen LogP) is 4.47. The van der Waals surface area contributed by atoms with E-state index < -0.39 is 0 Å². The average molecular weight is 281 g/mol. The number of hydrogen-bond donors (Lipinski definition) is 0. The predicted molar refractivity (Wildman–Crippen MR) is 71.0 cm³/mol. The zero-order valence-electron chi connectivity index (χ0n) is 9.07. The number of nitrogens with zero attached hydrogens (tertiary/aromatic N) is 2. The monoisotopic (exact) mass is 280 g/mol. The zero-order chi connectivity index (χ0) is 12.7. The topological polar surface area (TPSA) is 17.8 Å². The first kappa shape index (κ1) is 11.5. The molecule has 0 radical (unpaired) electrons. The molecule has 0 saturated heterocycles. The number of hydrogen-bond acceptors (Lipinski definition) is 1. The summed E-state index contributed by atoms with van der Waals surface area (Å²) in [6, 6.07) is 11.4. The van der Waals surface area contributed by atoms with E-state index in [0.29, 0.717) is 21.1 Å². The Kier molecular flexibility index (Phi) is 2.73. The van der Waals surface area contributed by atoms with Crippen LogP contribution in [0, 0.1) is 5.82 Å². The van der Waals surface area contributed by atoms with Gasteiger partial charge in [-0.2, -0.15) is 5.10 Å². The number of aromatic nitrogens is 2. The van der Waals surface area contributed by atoms with Crippen molar-refractivity contribution in [1.29, 1.82) is 0 Å². The van der Waals surface area contributed by atoms with Gasteiger partial charge in [0, 0.05) is 16.5 Å². The van der Waals surface area contributed by atoms with Gasteiger partial charge in [0.2, 0.25) is 0 Å². The Morgan fingerprint density at radius 3 is 2.44 bits per heavy atom. The molecule has 0 spiro atoms. The van der Waals surface area contributed by atoms with E-state index in [0.717, 1.165) is 5.69 Å². The maximum Gasteiger partial charge on any atom is 0.140 e. The maximum atomic E-state index is 13.1. The quantitative estimate of drug-likeness (QED) is 0.643. The van der Waals surface area contributed by atoms with Crippen LogP contribution in [0.2, 0.25) is 10.2 Å². The summed E-state index contributed by atoms with van der Waals surface area (Å²) < 4.78 is 14.7. The third-order valence-corrected chi connectivity index (χ3v) is 3.26. The first-order valence-corrected chi connectivity index (χ1v) is 6.00. The van der Waals surface area contributed by atoms with Crippen LogP contribution in [0.5, 0.6) is 0 Å². The molecule has 2 nitrogen and oxygen atoms in total. The Labute approximate surface area is 113 Å². The molecule has 90 valence electrons. The van der Waals surface area contributed by atoms with Crippen LogP contribution in [0.1, 0.15) is 0 Å². The van der Waals surface area contributed by atoms with Crippen molar-refractivity contribution in [3.05, 3.63) is 58.5 Å². The molecule has 3 rings (SSSR count). The normalized spacial score (nSPS) is 11.1. The summed E-state index contributed by atoms with van der Waals surface area (Å²) in [7, 11) is 0. The van der Waals surface area contributed by atoms with Gasteiger partial charge in [-0.1, -0.05) is 23.2 Å². The van der Waals surface area contributed by atoms with Crippen molar-refractivity contribution in [3.8, 4) is 5.69 Å². The van der Waals surface area contributed by atoms with Gasteiger partial charge in [-0.05, 0) is 36.4 Å². The SMILES string of the molecule is Fc1ccc2c(Cl)n(-c3ccc(Cl)cc3)nc2c1. The zero-order valence-corrected chi connectivity index (χ0v) is 10.6. The largest absolute Gasteiger partial charge is 0.221 e. The van der Waals surface area contributed by atoms with Crippen molar-refractivity contribution < 1.29 is 4.39 Å². The van der Waals surface area contributed by atoms with Crippen molar-refractivity contribution in [2.24, 2.45) is 0 Å². The molecule has 0 fully saturated rings. The first-order chi connectivity index (χ1) is 8.65. The molecular formula is C13H7Cl2FN2. The molecule has 2 aromatic carbocycles. The highest BCUT2D eigenvalue weighted by molar-refractivity contribution is 6.34. The van der Waals surface area contributed by atoms with Crippen LogP contribution < -0.4 is 0 Å². The molecule has 0 saturated carbocycles. The van der Waals surface area contributed by atoms with E-state index in [9.17, 15) is 4.39 Å². The van der Waals surface area contributed by atoms with E-state index in [2.05, 4.69) is 5.10 Å². The van der Waals surface area contributed by atoms with Gasteiger partial charge in [-0.3, -0.25) is 0 Å². The highest BCUT2D eigenvalue weighted by atomic mass is 35.5. The second kappa shape index (κ2) is 4.26. The molecule has 0 amide bonds. The standard InChI is InChI=1S/C13H7Cl2FN2/c14-8-1-4-10(5-2-8)18-13(15)11-6-3-9(16)7-12(11)17-18/h1-7H. The van der Waals surface area contributed by atoms with Crippen LogP contribution in [0.3, 0.4) is 0 Å². The minimum absolute atomic E-state index is 0.333. The van der Waals surface area contributed by atoms with Gasteiger partial charge >= 0.3 is 0 Å². The van der Waals surface area contributed by atoms with Gasteiger partial charge in [0.05, 0.1) is 11.2 Å². The summed E-state index contributed by atoms with van der Waals surface area (Å²) >= 11 is 12.1. The Hall–Kier alpha value is -1.58. The molecule has 0 bridgehead atoms. The van der Waals surface area contributed by atoms with Gasteiger partial charge in [-0.25, -0.2) is 9.07 Å². The molecule has 1 heterocycles. The van der Waals surface area contributed by atoms with Crippen molar-refractivity contribution in [2.45, 2.75) is 0 Å². The third kappa shape index (κ3) is 1.85. The number of halogens is 3. The molecule has 18 heavy (non-hydrogen) atoms. The fourth-order valence-electron chi connectivity index (χ4n) is 1.78. The number of rotatable bonds is 1. The summed E-state index contributed by atoms with van der Waals surface area (Å²) in [6.07, 6.45) is 0. The highest BCUT2D eigenvalue weighted by Gasteiger charge is 2.11. The molecule has 0 aliphatic heterocycles. The smallest absolute Gasteiger partial charge is 0.140 e. The van der Waals surface area contributed by atoms with Crippen LogP contribution in [0.25, 0.3) is 16.6 Å². The second-order valence-corrected chi connectivity index (χ2v) is 4.63. The molecule has 0 aliphatic carbocycles. The molecule has 5 heteroatoms. The van der Waals surface area contributed by atoms with Gasteiger partial charge in [0.15, 0.2) is 0 Å². The Bertz CT molecular complexity index is 720. The van der Waals surface area contributed by atoms with E-state index >= 15 is 0 Å². The van der Waals surface area contributed by atoms with Crippen LogP contribution in [-0.2, 0) is 0 Å². The summed E-state index contributed by atoms with van der Waals surface area (Å²) in [4.78, 5) is 0. The van der Waals surface area contributed by atoms with Crippen molar-refractivity contribution in [3.63, 3.8) is 0 Å². The van der Waals surface area contributed by atoms with Crippen molar-refractivity contribution in [1.82, 2.24) is 9.78 Å². The molecule has 0 atom stereocenters. The first-order valence-electron chi connectivity index (χ1n) is 5.25. The third-order valence-electron chi connectivity index (χ3n) is 2.65. The van der Waals surface area contributed by atoms with Gasteiger partial charge < -0.3 is 0 Å². The van der Waals surface area contributed by atoms with Gasteiger partial charge in [0.25, 0.3) is 0 Å².